The van der Waals surface area contributed by atoms with Gasteiger partial charge in [0, 0.05) is 36.3 Å². The predicted molar refractivity (Wildman–Crippen MR) is 92.3 cm³/mol. The number of nitrogens with one attached hydrogen (secondary N) is 1. The second-order valence-corrected chi connectivity index (χ2v) is 7.04. The van der Waals surface area contributed by atoms with Gasteiger partial charge in [0.25, 0.3) is 0 Å². The van der Waals surface area contributed by atoms with Crippen molar-refractivity contribution < 1.29 is 4.79 Å². The van der Waals surface area contributed by atoms with Crippen LogP contribution in [0.2, 0.25) is 0 Å². The molecule has 1 aromatic carbocycles. The molecule has 122 valence electrons. The molecule has 6 heteroatoms. The first-order valence-corrected chi connectivity index (χ1v) is 8.76. The highest BCUT2D eigenvalue weighted by Gasteiger charge is 2.25. The molecule has 0 saturated heterocycles. The summed E-state index contributed by atoms with van der Waals surface area (Å²) in [5.41, 5.74) is 6.84. The Labute approximate surface area is 140 Å². The lowest BCUT2D eigenvalue weighted by molar-refractivity contribution is -0.120. The van der Waals surface area contributed by atoms with Gasteiger partial charge in [-0.15, -0.1) is 0 Å². The molecule has 1 fully saturated rings. The van der Waals surface area contributed by atoms with Crippen LogP contribution in [-0.4, -0.2) is 21.5 Å². The van der Waals surface area contributed by atoms with E-state index in [0.717, 1.165) is 41.4 Å². The standard InChI is InChI=1S/C17H22N4OS/c1-21-10-9-19-17(21)23-15-8-3-2-7-14(15)20-16(22)12-5-4-6-13(18)11-12/h2-3,7-10,12-13H,4-6,11,18H2,1H3,(H,20,22). The Morgan fingerprint density at radius 3 is 2.96 bits per heavy atom. The van der Waals surface area contributed by atoms with Crippen LogP contribution in [0.4, 0.5) is 5.69 Å². The Morgan fingerprint density at radius 2 is 2.22 bits per heavy atom. The summed E-state index contributed by atoms with van der Waals surface area (Å²) in [6, 6.07) is 7.99. The Morgan fingerprint density at radius 1 is 1.39 bits per heavy atom. The lowest BCUT2D eigenvalue weighted by Gasteiger charge is -2.26. The van der Waals surface area contributed by atoms with Crippen molar-refractivity contribution in [2.45, 2.75) is 41.8 Å². The van der Waals surface area contributed by atoms with Crippen LogP contribution >= 0.6 is 11.8 Å². The Bertz CT molecular complexity index is 685. The molecule has 5 nitrogen and oxygen atoms in total. The van der Waals surface area contributed by atoms with Crippen molar-refractivity contribution >= 4 is 23.4 Å². The van der Waals surface area contributed by atoms with E-state index in [1.54, 1.807) is 18.0 Å². The lowest BCUT2D eigenvalue weighted by Crippen LogP contribution is -2.34. The molecule has 3 N–H and O–H groups in total. The van der Waals surface area contributed by atoms with Gasteiger partial charge in [-0.2, -0.15) is 0 Å². The summed E-state index contributed by atoms with van der Waals surface area (Å²) in [6.45, 7) is 0. The number of anilines is 1. The van der Waals surface area contributed by atoms with Gasteiger partial charge in [-0.05, 0) is 43.2 Å². The molecule has 23 heavy (non-hydrogen) atoms. The monoisotopic (exact) mass is 330 g/mol. The number of nitrogens with two attached hydrogens (primary N) is 1. The highest BCUT2D eigenvalue weighted by atomic mass is 32.2. The van der Waals surface area contributed by atoms with Crippen molar-refractivity contribution in [2.75, 3.05) is 5.32 Å². The molecule has 0 aliphatic heterocycles. The van der Waals surface area contributed by atoms with Crippen LogP contribution in [0.5, 0.6) is 0 Å². The highest BCUT2D eigenvalue weighted by Crippen LogP contribution is 2.33. The van der Waals surface area contributed by atoms with Crippen molar-refractivity contribution in [3.8, 4) is 0 Å². The number of amides is 1. The smallest absolute Gasteiger partial charge is 0.227 e. The maximum Gasteiger partial charge on any atom is 0.227 e. The number of aryl methyl sites for hydroxylation is 1. The van der Waals surface area contributed by atoms with Crippen LogP contribution in [-0.2, 0) is 11.8 Å². The molecule has 1 aliphatic rings. The molecule has 2 aromatic rings. The van der Waals surface area contributed by atoms with Crippen molar-refractivity contribution in [3.05, 3.63) is 36.7 Å². The molecule has 2 unspecified atom stereocenters. The normalized spacial score (nSPS) is 21.1. The first-order chi connectivity index (χ1) is 11.1. The van der Waals surface area contributed by atoms with Crippen molar-refractivity contribution in [1.82, 2.24) is 9.55 Å². The third-order valence-electron chi connectivity index (χ3n) is 4.21. The number of para-hydroxylation sites is 1. The zero-order valence-electron chi connectivity index (χ0n) is 13.2. The topological polar surface area (TPSA) is 72.9 Å². The molecule has 0 radical (unpaired) electrons. The summed E-state index contributed by atoms with van der Waals surface area (Å²) in [7, 11) is 1.96. The molecule has 0 spiro atoms. The van der Waals surface area contributed by atoms with E-state index in [-0.39, 0.29) is 17.9 Å². The van der Waals surface area contributed by atoms with E-state index in [2.05, 4.69) is 10.3 Å². The summed E-state index contributed by atoms with van der Waals surface area (Å²) >= 11 is 1.55. The first kappa shape index (κ1) is 16.1. The quantitative estimate of drug-likeness (QED) is 0.904. The summed E-state index contributed by atoms with van der Waals surface area (Å²) in [6.07, 6.45) is 7.44. The third kappa shape index (κ3) is 3.95. The summed E-state index contributed by atoms with van der Waals surface area (Å²) in [5, 5.41) is 3.98. The number of nitrogens with zero attached hydrogens (tertiary/aromatic N) is 2. The van der Waals surface area contributed by atoms with Crippen LogP contribution in [0.15, 0.2) is 46.7 Å². The fourth-order valence-electron chi connectivity index (χ4n) is 2.91. The molecule has 1 aliphatic carbocycles. The average Bonchev–Trinajstić information content (AvgIpc) is 2.94. The highest BCUT2D eigenvalue weighted by molar-refractivity contribution is 7.99. The van der Waals surface area contributed by atoms with Gasteiger partial charge in [-0.1, -0.05) is 18.6 Å². The van der Waals surface area contributed by atoms with E-state index < -0.39 is 0 Å². The number of carbonyl (C=O) groups excluding carboxylic acids is 1. The van der Waals surface area contributed by atoms with Gasteiger partial charge < -0.3 is 15.6 Å². The van der Waals surface area contributed by atoms with Crippen molar-refractivity contribution in [1.29, 1.82) is 0 Å². The van der Waals surface area contributed by atoms with Gasteiger partial charge >= 0.3 is 0 Å². The number of aromatic nitrogens is 2. The predicted octanol–water partition coefficient (Wildman–Crippen LogP) is 3.03. The summed E-state index contributed by atoms with van der Waals surface area (Å²) in [5.74, 6) is 0.0954. The molecule has 1 heterocycles. The molecule has 3 rings (SSSR count). The number of imidazole rings is 1. The number of benzene rings is 1. The number of hydrogen-bond acceptors (Lipinski definition) is 4. The van der Waals surface area contributed by atoms with Gasteiger partial charge in [0.1, 0.15) is 0 Å². The van der Waals surface area contributed by atoms with E-state index >= 15 is 0 Å². The van der Waals surface area contributed by atoms with Crippen LogP contribution in [0.25, 0.3) is 0 Å². The Balaban J connectivity index is 1.72. The van der Waals surface area contributed by atoms with Crippen molar-refractivity contribution in [2.24, 2.45) is 18.7 Å². The minimum Gasteiger partial charge on any atom is -0.329 e. The molecule has 2 atom stereocenters. The maximum atomic E-state index is 12.5. The second kappa shape index (κ2) is 7.19. The number of hydrogen-bond donors (Lipinski definition) is 2. The molecular formula is C17H22N4OS. The fourth-order valence-corrected chi connectivity index (χ4v) is 3.80. The Kier molecular flexibility index (Phi) is 5.03. The largest absolute Gasteiger partial charge is 0.329 e. The zero-order valence-corrected chi connectivity index (χ0v) is 14.1. The zero-order chi connectivity index (χ0) is 16.2. The molecule has 1 saturated carbocycles. The molecule has 0 bridgehead atoms. The second-order valence-electron chi connectivity index (χ2n) is 6.03. The minimum atomic E-state index is 0.0185. The van der Waals surface area contributed by atoms with E-state index in [4.69, 9.17) is 5.73 Å². The minimum absolute atomic E-state index is 0.0185. The Hall–Kier alpha value is -1.79. The van der Waals surface area contributed by atoms with Crippen LogP contribution in [0.1, 0.15) is 25.7 Å². The molecule has 1 aromatic heterocycles. The summed E-state index contributed by atoms with van der Waals surface area (Å²) in [4.78, 5) is 17.9. The molecule has 1 amide bonds. The van der Waals surface area contributed by atoms with Crippen LogP contribution in [0.3, 0.4) is 0 Å². The maximum absolute atomic E-state index is 12.5. The summed E-state index contributed by atoms with van der Waals surface area (Å²) < 4.78 is 1.96. The lowest BCUT2D eigenvalue weighted by atomic mass is 9.85. The van der Waals surface area contributed by atoms with Crippen LogP contribution in [0, 0.1) is 5.92 Å². The number of rotatable bonds is 4. The SMILES string of the molecule is Cn1ccnc1Sc1ccccc1NC(=O)C1CCCC(N)C1. The van der Waals surface area contributed by atoms with E-state index in [0.29, 0.717) is 0 Å². The van der Waals surface area contributed by atoms with Gasteiger partial charge in [0.05, 0.1) is 5.69 Å². The van der Waals surface area contributed by atoms with E-state index in [9.17, 15) is 4.79 Å². The fraction of sp³-hybridized carbons (Fsp3) is 0.412. The first-order valence-electron chi connectivity index (χ1n) is 7.94. The third-order valence-corrected chi connectivity index (χ3v) is 5.36. The van der Waals surface area contributed by atoms with Gasteiger partial charge in [0.15, 0.2) is 5.16 Å². The van der Waals surface area contributed by atoms with Gasteiger partial charge in [0.2, 0.25) is 5.91 Å². The van der Waals surface area contributed by atoms with E-state index in [1.165, 1.54) is 0 Å². The van der Waals surface area contributed by atoms with Crippen LogP contribution < -0.4 is 11.1 Å². The van der Waals surface area contributed by atoms with Crippen molar-refractivity contribution in [3.63, 3.8) is 0 Å². The van der Waals surface area contributed by atoms with Gasteiger partial charge in [-0.3, -0.25) is 4.79 Å². The van der Waals surface area contributed by atoms with Gasteiger partial charge in [-0.25, -0.2) is 4.98 Å². The number of carbonyl (C=O) groups is 1. The van der Waals surface area contributed by atoms with E-state index in [1.807, 2.05) is 42.1 Å². The average molecular weight is 330 g/mol. The molecular weight excluding hydrogens is 308 g/mol.